The lowest BCUT2D eigenvalue weighted by molar-refractivity contribution is 0.575. The predicted molar refractivity (Wildman–Crippen MR) is 86.3 cm³/mol. The van der Waals surface area contributed by atoms with Gasteiger partial charge in [0.15, 0.2) is 9.84 Å². The Morgan fingerprint density at radius 2 is 1.75 bits per heavy atom. The fourth-order valence-corrected chi connectivity index (χ4v) is 4.50. The molecule has 1 aliphatic rings. The van der Waals surface area contributed by atoms with Gasteiger partial charge >= 0.3 is 0 Å². The van der Waals surface area contributed by atoms with E-state index in [0.717, 1.165) is 12.1 Å². The molecule has 9 heteroatoms. The third-order valence-corrected chi connectivity index (χ3v) is 6.34. The van der Waals surface area contributed by atoms with Crippen molar-refractivity contribution in [2.45, 2.75) is 9.79 Å². The summed E-state index contributed by atoms with van der Waals surface area (Å²) < 4.78 is 61.9. The lowest BCUT2D eigenvalue weighted by atomic mass is 10.1. The molecule has 2 aromatic rings. The molecule has 2 N–H and O–H groups in total. The van der Waals surface area contributed by atoms with Crippen LogP contribution in [0.4, 0.5) is 4.39 Å². The van der Waals surface area contributed by atoms with E-state index < -0.39 is 25.7 Å². The molecule has 1 heterocycles. The third-order valence-electron chi connectivity index (χ3n) is 3.45. The largest absolute Gasteiger partial charge is 0.308 e. The van der Waals surface area contributed by atoms with Gasteiger partial charge in [-0.2, -0.15) is 0 Å². The first-order valence-corrected chi connectivity index (χ1v) is 9.99. The van der Waals surface area contributed by atoms with Crippen molar-refractivity contribution in [3.05, 3.63) is 66.0 Å². The van der Waals surface area contributed by atoms with Crippen LogP contribution in [0.15, 0.2) is 64.4 Å². The Hall–Kier alpha value is -2.23. The van der Waals surface area contributed by atoms with Crippen LogP contribution < -0.4 is 10.3 Å². The Labute approximate surface area is 139 Å². The minimum absolute atomic E-state index is 0.0426. The Morgan fingerprint density at radius 3 is 2.46 bits per heavy atom. The van der Waals surface area contributed by atoms with Crippen molar-refractivity contribution >= 4 is 25.6 Å². The van der Waals surface area contributed by atoms with E-state index in [4.69, 9.17) is 0 Å². The van der Waals surface area contributed by atoms with E-state index in [2.05, 4.69) is 10.3 Å². The highest BCUT2D eigenvalue weighted by molar-refractivity contribution is 7.91. The van der Waals surface area contributed by atoms with Crippen molar-refractivity contribution < 1.29 is 21.2 Å². The average molecular weight is 368 g/mol. The highest BCUT2D eigenvalue weighted by atomic mass is 32.2. The van der Waals surface area contributed by atoms with Crippen LogP contribution in [0.3, 0.4) is 0 Å². The Balaban J connectivity index is 1.90. The molecule has 1 aliphatic heterocycles. The molecule has 0 saturated heterocycles. The number of sulfonamides is 1. The second-order valence-electron chi connectivity index (χ2n) is 5.08. The van der Waals surface area contributed by atoms with Gasteiger partial charge in [0.25, 0.3) is 10.0 Å². The van der Waals surface area contributed by atoms with E-state index in [1.165, 1.54) is 24.3 Å². The standard InChI is InChI=1S/C15H13FN2O4S2/c16-11-6-7-15-13(10-11)14(8-9-23(15,19)20)17-18-24(21,22)12-4-2-1-3-5-12/h1-8,10,17-18H,9H2. The number of rotatable bonds is 4. The van der Waals surface area contributed by atoms with Crippen molar-refractivity contribution in [2.75, 3.05) is 5.75 Å². The summed E-state index contributed by atoms with van der Waals surface area (Å²) in [7, 11) is -7.40. The molecule has 0 saturated carbocycles. The molecule has 0 aromatic heterocycles. The highest BCUT2D eigenvalue weighted by Gasteiger charge is 2.26. The summed E-state index contributed by atoms with van der Waals surface area (Å²) in [6.07, 6.45) is 1.30. The first-order chi connectivity index (χ1) is 11.3. The molecular weight excluding hydrogens is 355 g/mol. The number of halogens is 1. The van der Waals surface area contributed by atoms with Gasteiger partial charge in [-0.1, -0.05) is 18.2 Å². The molecule has 0 atom stereocenters. The van der Waals surface area contributed by atoms with Crippen LogP contribution >= 0.6 is 0 Å². The molecule has 0 aliphatic carbocycles. The Bertz CT molecular complexity index is 1020. The number of hydrogen-bond acceptors (Lipinski definition) is 5. The smallest absolute Gasteiger partial charge is 0.257 e. The van der Waals surface area contributed by atoms with Crippen molar-refractivity contribution in [2.24, 2.45) is 0 Å². The second kappa shape index (κ2) is 6.00. The average Bonchev–Trinajstić information content (AvgIpc) is 2.54. The molecule has 0 fully saturated rings. The van der Waals surface area contributed by atoms with Gasteiger partial charge in [0, 0.05) is 5.56 Å². The summed E-state index contributed by atoms with van der Waals surface area (Å²) in [5.41, 5.74) is 2.73. The summed E-state index contributed by atoms with van der Waals surface area (Å²) in [6, 6.07) is 10.9. The lowest BCUT2D eigenvalue weighted by Gasteiger charge is -2.19. The first-order valence-electron chi connectivity index (χ1n) is 6.85. The second-order valence-corrected chi connectivity index (χ2v) is 8.77. The fraction of sp³-hybridized carbons (Fsp3) is 0.0667. The maximum Gasteiger partial charge on any atom is 0.257 e. The quantitative estimate of drug-likeness (QED) is 0.629. The molecule has 0 spiro atoms. The Morgan fingerprint density at radius 1 is 1.04 bits per heavy atom. The summed E-state index contributed by atoms with van der Waals surface area (Å²) in [6.45, 7) is 0. The summed E-state index contributed by atoms with van der Waals surface area (Å²) >= 11 is 0. The third kappa shape index (κ3) is 3.18. The number of hydrazine groups is 1. The van der Waals surface area contributed by atoms with E-state index in [1.807, 2.05) is 0 Å². The van der Waals surface area contributed by atoms with Gasteiger partial charge in [0.2, 0.25) is 0 Å². The molecule has 24 heavy (non-hydrogen) atoms. The molecule has 3 rings (SSSR count). The number of hydrogen-bond donors (Lipinski definition) is 2. The normalized spacial score (nSPS) is 16.1. The summed E-state index contributed by atoms with van der Waals surface area (Å²) in [5.74, 6) is -0.925. The van der Waals surface area contributed by atoms with Crippen LogP contribution in [0.1, 0.15) is 5.56 Å². The van der Waals surface area contributed by atoms with Gasteiger partial charge in [-0.05, 0) is 36.4 Å². The van der Waals surface area contributed by atoms with Crippen LogP contribution in [0.2, 0.25) is 0 Å². The van der Waals surface area contributed by atoms with Crippen LogP contribution in [0, 0.1) is 5.82 Å². The first kappa shape index (κ1) is 16.6. The van der Waals surface area contributed by atoms with Gasteiger partial charge in [-0.3, -0.25) is 0 Å². The number of fused-ring (bicyclic) bond motifs is 1. The zero-order valence-electron chi connectivity index (χ0n) is 12.2. The lowest BCUT2D eigenvalue weighted by Crippen LogP contribution is -2.37. The van der Waals surface area contributed by atoms with E-state index in [1.54, 1.807) is 18.2 Å². The maximum absolute atomic E-state index is 13.5. The zero-order valence-corrected chi connectivity index (χ0v) is 13.9. The fourth-order valence-electron chi connectivity index (χ4n) is 2.28. The van der Waals surface area contributed by atoms with E-state index >= 15 is 0 Å². The highest BCUT2D eigenvalue weighted by Crippen LogP contribution is 2.28. The molecule has 6 nitrogen and oxygen atoms in total. The Kier molecular flexibility index (Phi) is 4.16. The van der Waals surface area contributed by atoms with Gasteiger partial charge in [-0.15, -0.1) is 4.83 Å². The molecule has 2 aromatic carbocycles. The minimum atomic E-state index is -3.85. The van der Waals surface area contributed by atoms with Crippen LogP contribution in [0.25, 0.3) is 5.70 Å². The van der Waals surface area contributed by atoms with Gasteiger partial charge in [0.05, 0.1) is 21.2 Å². The van der Waals surface area contributed by atoms with E-state index in [9.17, 15) is 21.2 Å². The number of nitrogens with one attached hydrogen (secondary N) is 2. The van der Waals surface area contributed by atoms with Gasteiger partial charge < -0.3 is 5.43 Å². The van der Waals surface area contributed by atoms with Crippen molar-refractivity contribution in [3.8, 4) is 0 Å². The molecule has 0 radical (unpaired) electrons. The molecule has 0 unspecified atom stereocenters. The van der Waals surface area contributed by atoms with Crippen LogP contribution in [0.5, 0.6) is 0 Å². The molecular formula is C15H13FN2O4S2. The van der Waals surface area contributed by atoms with E-state index in [0.29, 0.717) is 0 Å². The molecule has 0 bridgehead atoms. The van der Waals surface area contributed by atoms with E-state index in [-0.39, 0.29) is 26.8 Å². The molecule has 0 amide bonds. The minimum Gasteiger partial charge on any atom is -0.308 e. The topological polar surface area (TPSA) is 92.3 Å². The van der Waals surface area contributed by atoms with Gasteiger partial charge in [-0.25, -0.2) is 21.2 Å². The van der Waals surface area contributed by atoms with Crippen molar-refractivity contribution in [1.82, 2.24) is 10.3 Å². The van der Waals surface area contributed by atoms with Crippen molar-refractivity contribution in [1.29, 1.82) is 0 Å². The summed E-state index contributed by atoms with van der Waals surface area (Å²) in [4.78, 5) is 2.16. The molecule has 126 valence electrons. The number of sulfone groups is 1. The summed E-state index contributed by atoms with van der Waals surface area (Å²) in [5, 5.41) is 0. The van der Waals surface area contributed by atoms with Crippen molar-refractivity contribution in [3.63, 3.8) is 0 Å². The monoisotopic (exact) mass is 368 g/mol. The van der Waals surface area contributed by atoms with Crippen LogP contribution in [-0.4, -0.2) is 22.6 Å². The zero-order chi connectivity index (χ0) is 17.4. The predicted octanol–water partition coefficient (Wildman–Crippen LogP) is 1.44. The van der Waals surface area contributed by atoms with Gasteiger partial charge in [0.1, 0.15) is 5.82 Å². The maximum atomic E-state index is 13.5. The van der Waals surface area contributed by atoms with Crippen LogP contribution in [-0.2, 0) is 19.9 Å². The SMILES string of the molecule is O=S1(=O)CC=C(NNS(=O)(=O)c2ccccc2)c2cc(F)ccc21. The number of benzene rings is 2.